The zero-order valence-electron chi connectivity index (χ0n) is 11.6. The molecule has 1 aliphatic carbocycles. The highest BCUT2D eigenvalue weighted by Crippen LogP contribution is 2.28. The van der Waals surface area contributed by atoms with Crippen LogP contribution in [0.1, 0.15) is 25.3 Å². The van der Waals surface area contributed by atoms with E-state index >= 15 is 0 Å². The zero-order chi connectivity index (χ0) is 14.2. The molecule has 5 nitrogen and oxygen atoms in total. The number of hydrogen-bond donors (Lipinski definition) is 2. The van der Waals surface area contributed by atoms with Gasteiger partial charge in [0, 0.05) is 24.9 Å². The van der Waals surface area contributed by atoms with Gasteiger partial charge in [0.1, 0.15) is 0 Å². The average molecular weight is 296 g/mol. The van der Waals surface area contributed by atoms with E-state index in [9.17, 15) is 8.42 Å². The topological polar surface area (TPSA) is 67.4 Å². The van der Waals surface area contributed by atoms with Crippen LogP contribution in [-0.2, 0) is 21.2 Å². The standard InChI is InChI=1S/C14H20N2O3S/c1-2-19-12-8-11(9-12)16-20(17,18)13-3-4-14-10(7-13)5-6-15-14/h3-4,7,11-12,15-16H,2,5-6,8-9H2,1H3. The summed E-state index contributed by atoms with van der Waals surface area (Å²) in [5.41, 5.74) is 2.12. The first-order valence-corrected chi connectivity index (χ1v) is 8.57. The van der Waals surface area contributed by atoms with Crippen LogP contribution in [-0.4, -0.2) is 33.7 Å². The van der Waals surface area contributed by atoms with Crippen LogP contribution in [0, 0.1) is 0 Å². The molecule has 6 heteroatoms. The van der Waals surface area contributed by atoms with Crippen molar-refractivity contribution >= 4 is 15.7 Å². The summed E-state index contributed by atoms with van der Waals surface area (Å²) in [4.78, 5) is 0.361. The lowest BCUT2D eigenvalue weighted by molar-refractivity contribution is -0.00475. The van der Waals surface area contributed by atoms with E-state index in [0.29, 0.717) is 11.5 Å². The highest BCUT2D eigenvalue weighted by Gasteiger charge is 2.33. The first-order chi connectivity index (χ1) is 9.58. The number of ether oxygens (including phenoxy) is 1. The summed E-state index contributed by atoms with van der Waals surface area (Å²) in [6, 6.07) is 5.29. The summed E-state index contributed by atoms with van der Waals surface area (Å²) in [6.07, 6.45) is 2.62. The number of fused-ring (bicyclic) bond motifs is 1. The fourth-order valence-electron chi connectivity index (χ4n) is 2.77. The van der Waals surface area contributed by atoms with Gasteiger partial charge >= 0.3 is 0 Å². The van der Waals surface area contributed by atoms with E-state index in [1.807, 2.05) is 13.0 Å². The second-order valence-electron chi connectivity index (χ2n) is 5.36. The van der Waals surface area contributed by atoms with Gasteiger partial charge < -0.3 is 10.1 Å². The molecule has 1 heterocycles. The van der Waals surface area contributed by atoms with Crippen molar-refractivity contribution in [2.45, 2.75) is 43.2 Å². The van der Waals surface area contributed by atoms with Crippen molar-refractivity contribution in [2.24, 2.45) is 0 Å². The summed E-state index contributed by atoms with van der Waals surface area (Å²) in [7, 11) is -3.41. The van der Waals surface area contributed by atoms with E-state index in [2.05, 4.69) is 10.0 Å². The lowest BCUT2D eigenvalue weighted by Gasteiger charge is -2.35. The Morgan fingerprint density at radius 2 is 2.20 bits per heavy atom. The Hall–Kier alpha value is -1.11. The van der Waals surface area contributed by atoms with Crippen LogP contribution in [0.4, 0.5) is 5.69 Å². The number of sulfonamides is 1. The molecule has 0 saturated heterocycles. The first-order valence-electron chi connectivity index (χ1n) is 7.09. The minimum Gasteiger partial charge on any atom is -0.384 e. The minimum atomic E-state index is -3.41. The van der Waals surface area contributed by atoms with Gasteiger partial charge in [-0.3, -0.25) is 0 Å². The van der Waals surface area contributed by atoms with Crippen molar-refractivity contribution in [2.75, 3.05) is 18.5 Å². The summed E-state index contributed by atoms with van der Waals surface area (Å²) >= 11 is 0. The molecule has 1 saturated carbocycles. The molecule has 1 aromatic rings. The Morgan fingerprint density at radius 3 is 2.95 bits per heavy atom. The minimum absolute atomic E-state index is 0.00271. The van der Waals surface area contributed by atoms with Crippen molar-refractivity contribution < 1.29 is 13.2 Å². The molecule has 0 atom stereocenters. The van der Waals surface area contributed by atoms with Crippen molar-refractivity contribution in [3.63, 3.8) is 0 Å². The Balaban J connectivity index is 1.67. The second kappa shape index (κ2) is 5.35. The van der Waals surface area contributed by atoms with Crippen LogP contribution in [0.3, 0.4) is 0 Å². The maximum atomic E-state index is 12.3. The van der Waals surface area contributed by atoms with Gasteiger partial charge in [0.15, 0.2) is 0 Å². The Morgan fingerprint density at radius 1 is 1.40 bits per heavy atom. The van der Waals surface area contributed by atoms with Gasteiger partial charge in [-0.1, -0.05) is 0 Å². The van der Waals surface area contributed by atoms with Gasteiger partial charge in [-0.05, 0) is 49.9 Å². The fourth-order valence-corrected chi connectivity index (χ4v) is 4.08. The monoisotopic (exact) mass is 296 g/mol. The normalized spacial score (nSPS) is 24.9. The predicted molar refractivity (Wildman–Crippen MR) is 77.4 cm³/mol. The molecule has 110 valence electrons. The van der Waals surface area contributed by atoms with Crippen molar-refractivity contribution in [1.29, 1.82) is 0 Å². The van der Waals surface area contributed by atoms with Gasteiger partial charge in [-0.25, -0.2) is 13.1 Å². The van der Waals surface area contributed by atoms with E-state index in [-0.39, 0.29) is 12.1 Å². The van der Waals surface area contributed by atoms with E-state index < -0.39 is 10.0 Å². The molecule has 20 heavy (non-hydrogen) atoms. The summed E-state index contributed by atoms with van der Waals surface area (Å²) in [6.45, 7) is 3.52. The van der Waals surface area contributed by atoms with E-state index in [1.54, 1.807) is 12.1 Å². The highest BCUT2D eigenvalue weighted by atomic mass is 32.2. The highest BCUT2D eigenvalue weighted by molar-refractivity contribution is 7.89. The lowest BCUT2D eigenvalue weighted by Crippen LogP contribution is -2.47. The van der Waals surface area contributed by atoms with Crippen molar-refractivity contribution in [1.82, 2.24) is 4.72 Å². The van der Waals surface area contributed by atoms with E-state index in [0.717, 1.165) is 37.1 Å². The van der Waals surface area contributed by atoms with Crippen LogP contribution in [0.5, 0.6) is 0 Å². The number of nitrogens with one attached hydrogen (secondary N) is 2. The van der Waals surface area contributed by atoms with Gasteiger partial charge in [0.2, 0.25) is 10.0 Å². The van der Waals surface area contributed by atoms with Crippen LogP contribution in [0.15, 0.2) is 23.1 Å². The molecule has 2 aliphatic rings. The maximum absolute atomic E-state index is 12.3. The molecule has 1 fully saturated rings. The Bertz CT molecular complexity index is 594. The molecule has 0 aromatic heterocycles. The molecule has 1 aromatic carbocycles. The van der Waals surface area contributed by atoms with Crippen molar-refractivity contribution in [3.05, 3.63) is 23.8 Å². The third-order valence-electron chi connectivity index (χ3n) is 3.92. The number of benzene rings is 1. The van der Waals surface area contributed by atoms with Crippen LogP contribution in [0.25, 0.3) is 0 Å². The largest absolute Gasteiger partial charge is 0.384 e. The molecule has 0 spiro atoms. The Kier molecular flexibility index (Phi) is 3.70. The summed E-state index contributed by atoms with van der Waals surface area (Å²) in [5.74, 6) is 0. The molecular formula is C14H20N2O3S. The molecule has 2 N–H and O–H groups in total. The molecule has 0 bridgehead atoms. The second-order valence-corrected chi connectivity index (χ2v) is 7.08. The molecule has 0 unspecified atom stereocenters. The average Bonchev–Trinajstić information content (AvgIpc) is 2.83. The van der Waals surface area contributed by atoms with Crippen LogP contribution >= 0.6 is 0 Å². The van der Waals surface area contributed by atoms with Crippen LogP contribution in [0.2, 0.25) is 0 Å². The summed E-state index contributed by atoms with van der Waals surface area (Å²) in [5, 5.41) is 3.23. The SMILES string of the molecule is CCOC1CC(NS(=O)(=O)c2ccc3c(c2)CCN3)C1. The first kappa shape index (κ1) is 13.9. The number of anilines is 1. The van der Waals surface area contributed by atoms with Crippen molar-refractivity contribution in [3.8, 4) is 0 Å². The number of hydrogen-bond acceptors (Lipinski definition) is 4. The number of rotatable bonds is 5. The van der Waals surface area contributed by atoms with E-state index in [4.69, 9.17) is 4.74 Å². The summed E-state index contributed by atoms with van der Waals surface area (Å²) < 4.78 is 32.9. The van der Waals surface area contributed by atoms with E-state index in [1.165, 1.54) is 0 Å². The predicted octanol–water partition coefficient (Wildman–Crippen LogP) is 1.50. The Labute approximate surface area is 119 Å². The molecule has 0 radical (unpaired) electrons. The molecule has 1 aliphatic heterocycles. The van der Waals surface area contributed by atoms with Gasteiger partial charge in [0.25, 0.3) is 0 Å². The lowest BCUT2D eigenvalue weighted by atomic mass is 9.90. The molecule has 3 rings (SSSR count). The third-order valence-corrected chi connectivity index (χ3v) is 5.43. The molecular weight excluding hydrogens is 276 g/mol. The maximum Gasteiger partial charge on any atom is 0.240 e. The zero-order valence-corrected chi connectivity index (χ0v) is 12.4. The fraction of sp³-hybridized carbons (Fsp3) is 0.571. The van der Waals surface area contributed by atoms with Crippen LogP contribution < -0.4 is 10.0 Å². The van der Waals surface area contributed by atoms with Gasteiger partial charge in [0.05, 0.1) is 11.0 Å². The quantitative estimate of drug-likeness (QED) is 0.864. The van der Waals surface area contributed by atoms with Gasteiger partial charge in [-0.2, -0.15) is 0 Å². The molecule has 0 amide bonds. The third kappa shape index (κ3) is 2.68. The smallest absolute Gasteiger partial charge is 0.240 e. The van der Waals surface area contributed by atoms with Gasteiger partial charge in [-0.15, -0.1) is 0 Å².